The van der Waals surface area contributed by atoms with Gasteiger partial charge in [-0.25, -0.2) is 0 Å². The van der Waals surface area contributed by atoms with E-state index < -0.39 is 0 Å². The van der Waals surface area contributed by atoms with Crippen LogP contribution in [0.1, 0.15) is 33.6 Å². The van der Waals surface area contributed by atoms with Gasteiger partial charge in [0, 0.05) is 19.5 Å². The summed E-state index contributed by atoms with van der Waals surface area (Å²) in [5.41, 5.74) is 0. The normalized spacial score (nSPS) is 10.5. The van der Waals surface area contributed by atoms with Crippen LogP contribution in [0, 0.1) is 0 Å². The summed E-state index contributed by atoms with van der Waals surface area (Å²) in [6.45, 7) is 10.1. The van der Waals surface area contributed by atoms with Crippen LogP contribution in [0.5, 0.6) is 0 Å². The van der Waals surface area contributed by atoms with Gasteiger partial charge in [0.25, 0.3) is 0 Å². The number of nitrogens with zero attached hydrogens (tertiary/aromatic N) is 1. The Labute approximate surface area is 81.5 Å². The fourth-order valence-electron chi connectivity index (χ4n) is 1.21. The zero-order chi connectivity index (χ0) is 10.1. The predicted molar refractivity (Wildman–Crippen MR) is 55.7 cm³/mol. The highest BCUT2D eigenvalue weighted by molar-refractivity contribution is 5.75. The minimum absolute atomic E-state index is 0.176. The quantitative estimate of drug-likeness (QED) is 0.649. The van der Waals surface area contributed by atoms with Crippen molar-refractivity contribution in [3.8, 4) is 0 Å². The highest BCUT2D eigenvalue weighted by Crippen LogP contribution is 1.87. The molecule has 0 bridgehead atoms. The van der Waals surface area contributed by atoms with Crippen LogP contribution in [0.25, 0.3) is 0 Å². The van der Waals surface area contributed by atoms with Crippen LogP contribution in [0.15, 0.2) is 0 Å². The SMILES string of the molecule is CCCC(=O)NCCN(CC)CC. The Hall–Kier alpha value is -0.570. The molecule has 0 heterocycles. The first kappa shape index (κ1) is 12.4. The Morgan fingerprint density at radius 2 is 1.85 bits per heavy atom. The monoisotopic (exact) mass is 186 g/mol. The Bertz CT molecular complexity index is 133. The summed E-state index contributed by atoms with van der Waals surface area (Å²) < 4.78 is 0. The summed E-state index contributed by atoms with van der Waals surface area (Å²) in [7, 11) is 0. The second-order valence-corrected chi connectivity index (χ2v) is 3.13. The minimum Gasteiger partial charge on any atom is -0.355 e. The van der Waals surface area contributed by atoms with E-state index in [1.807, 2.05) is 6.92 Å². The molecule has 1 amide bonds. The maximum absolute atomic E-state index is 11.1. The van der Waals surface area contributed by atoms with Gasteiger partial charge in [-0.2, -0.15) is 0 Å². The fraction of sp³-hybridized carbons (Fsp3) is 0.900. The zero-order valence-corrected chi connectivity index (χ0v) is 9.10. The van der Waals surface area contributed by atoms with Crippen LogP contribution < -0.4 is 5.32 Å². The summed E-state index contributed by atoms with van der Waals surface area (Å²) >= 11 is 0. The lowest BCUT2D eigenvalue weighted by atomic mass is 10.3. The summed E-state index contributed by atoms with van der Waals surface area (Å²) in [6.07, 6.45) is 1.58. The second-order valence-electron chi connectivity index (χ2n) is 3.13. The molecule has 0 radical (unpaired) electrons. The third-order valence-electron chi connectivity index (χ3n) is 2.12. The lowest BCUT2D eigenvalue weighted by Crippen LogP contribution is -2.34. The van der Waals surface area contributed by atoms with Gasteiger partial charge in [0.1, 0.15) is 0 Å². The van der Waals surface area contributed by atoms with Crippen LogP contribution in [0.4, 0.5) is 0 Å². The average Bonchev–Trinajstić information content (AvgIpc) is 2.13. The molecule has 0 aliphatic carbocycles. The molecule has 0 spiro atoms. The number of amides is 1. The molecule has 0 aliphatic rings. The topological polar surface area (TPSA) is 32.3 Å². The zero-order valence-electron chi connectivity index (χ0n) is 9.10. The van der Waals surface area contributed by atoms with E-state index in [0.717, 1.165) is 32.6 Å². The van der Waals surface area contributed by atoms with E-state index >= 15 is 0 Å². The first-order valence-electron chi connectivity index (χ1n) is 5.23. The largest absolute Gasteiger partial charge is 0.355 e. The molecule has 3 heteroatoms. The van der Waals surface area contributed by atoms with Gasteiger partial charge < -0.3 is 10.2 Å². The number of carbonyl (C=O) groups excluding carboxylic acids is 1. The maximum Gasteiger partial charge on any atom is 0.220 e. The summed E-state index contributed by atoms with van der Waals surface area (Å²) in [4.78, 5) is 13.4. The van der Waals surface area contributed by atoms with E-state index in [4.69, 9.17) is 0 Å². The molecule has 0 aliphatic heterocycles. The lowest BCUT2D eigenvalue weighted by molar-refractivity contribution is -0.121. The van der Waals surface area contributed by atoms with Crippen LogP contribution in [-0.2, 0) is 4.79 Å². The number of nitrogens with one attached hydrogen (secondary N) is 1. The van der Waals surface area contributed by atoms with Crippen molar-refractivity contribution in [3.05, 3.63) is 0 Å². The van der Waals surface area contributed by atoms with Crippen molar-refractivity contribution < 1.29 is 4.79 Å². The molecule has 0 aromatic rings. The van der Waals surface area contributed by atoms with Gasteiger partial charge in [-0.05, 0) is 19.5 Å². The van der Waals surface area contributed by atoms with Crippen molar-refractivity contribution in [2.75, 3.05) is 26.2 Å². The van der Waals surface area contributed by atoms with Gasteiger partial charge in [-0.15, -0.1) is 0 Å². The first-order valence-corrected chi connectivity index (χ1v) is 5.23. The Morgan fingerprint density at radius 1 is 1.23 bits per heavy atom. The van der Waals surface area contributed by atoms with E-state index in [2.05, 4.69) is 24.1 Å². The standard InChI is InChI=1S/C10H22N2O/c1-4-7-10(13)11-8-9-12(5-2)6-3/h4-9H2,1-3H3,(H,11,13). The van der Waals surface area contributed by atoms with Crippen LogP contribution in [0.3, 0.4) is 0 Å². The molecule has 0 saturated heterocycles. The van der Waals surface area contributed by atoms with Crippen molar-refractivity contribution in [3.63, 3.8) is 0 Å². The first-order chi connectivity index (χ1) is 6.24. The van der Waals surface area contributed by atoms with Gasteiger partial charge in [0.05, 0.1) is 0 Å². The predicted octanol–water partition coefficient (Wildman–Crippen LogP) is 1.24. The van der Waals surface area contributed by atoms with Crippen LogP contribution in [0.2, 0.25) is 0 Å². The smallest absolute Gasteiger partial charge is 0.220 e. The van der Waals surface area contributed by atoms with E-state index in [1.165, 1.54) is 0 Å². The minimum atomic E-state index is 0.176. The third-order valence-corrected chi connectivity index (χ3v) is 2.12. The molecule has 0 saturated carbocycles. The molecule has 13 heavy (non-hydrogen) atoms. The fourth-order valence-corrected chi connectivity index (χ4v) is 1.21. The molecule has 0 aromatic carbocycles. The van der Waals surface area contributed by atoms with Gasteiger partial charge >= 0.3 is 0 Å². The Morgan fingerprint density at radius 3 is 2.31 bits per heavy atom. The molecule has 78 valence electrons. The molecular weight excluding hydrogens is 164 g/mol. The highest BCUT2D eigenvalue weighted by Gasteiger charge is 2.00. The van der Waals surface area contributed by atoms with E-state index in [1.54, 1.807) is 0 Å². The summed E-state index contributed by atoms with van der Waals surface area (Å²) in [5, 5.41) is 2.90. The maximum atomic E-state index is 11.1. The van der Waals surface area contributed by atoms with E-state index in [-0.39, 0.29) is 5.91 Å². The van der Waals surface area contributed by atoms with Gasteiger partial charge in [0.2, 0.25) is 5.91 Å². The van der Waals surface area contributed by atoms with Crippen molar-refractivity contribution in [2.45, 2.75) is 33.6 Å². The Kier molecular flexibility index (Phi) is 7.69. The molecule has 1 N–H and O–H groups in total. The molecule has 0 unspecified atom stereocenters. The molecule has 0 rings (SSSR count). The van der Waals surface area contributed by atoms with Crippen LogP contribution >= 0.6 is 0 Å². The van der Waals surface area contributed by atoms with Crippen molar-refractivity contribution >= 4 is 5.91 Å². The van der Waals surface area contributed by atoms with Crippen LogP contribution in [-0.4, -0.2) is 37.0 Å². The molecule has 3 nitrogen and oxygen atoms in total. The molecule has 0 atom stereocenters. The van der Waals surface area contributed by atoms with Crippen molar-refractivity contribution in [1.82, 2.24) is 10.2 Å². The summed E-state index contributed by atoms with van der Waals surface area (Å²) in [5.74, 6) is 0.176. The number of hydrogen-bond acceptors (Lipinski definition) is 2. The number of hydrogen-bond donors (Lipinski definition) is 1. The highest BCUT2D eigenvalue weighted by atomic mass is 16.1. The number of rotatable bonds is 7. The van der Waals surface area contributed by atoms with E-state index in [0.29, 0.717) is 6.42 Å². The van der Waals surface area contributed by atoms with Crippen molar-refractivity contribution in [2.24, 2.45) is 0 Å². The number of likely N-dealkylation sites (N-methyl/N-ethyl adjacent to an activating group) is 1. The lowest BCUT2D eigenvalue weighted by Gasteiger charge is -2.17. The third kappa shape index (κ3) is 6.58. The summed E-state index contributed by atoms with van der Waals surface area (Å²) in [6, 6.07) is 0. The average molecular weight is 186 g/mol. The Balaban J connectivity index is 3.37. The van der Waals surface area contributed by atoms with Gasteiger partial charge in [0.15, 0.2) is 0 Å². The molecular formula is C10H22N2O. The number of carbonyl (C=O) groups is 1. The second kappa shape index (κ2) is 8.05. The van der Waals surface area contributed by atoms with Gasteiger partial charge in [-0.1, -0.05) is 20.8 Å². The molecule has 0 fully saturated rings. The van der Waals surface area contributed by atoms with Gasteiger partial charge in [-0.3, -0.25) is 4.79 Å². The van der Waals surface area contributed by atoms with Crippen molar-refractivity contribution in [1.29, 1.82) is 0 Å². The molecule has 0 aromatic heterocycles. The van der Waals surface area contributed by atoms with E-state index in [9.17, 15) is 4.79 Å².